The summed E-state index contributed by atoms with van der Waals surface area (Å²) in [6.45, 7) is 9.06. The quantitative estimate of drug-likeness (QED) is 0.325. The fraction of sp³-hybridized carbons (Fsp3) is 0.105. The van der Waals surface area contributed by atoms with E-state index in [9.17, 15) is 5.11 Å². The zero-order valence-electron chi connectivity index (χ0n) is 13.7. The molecule has 2 heterocycles. The molecular formula is C19H15I2NOSeSi. The Balaban J connectivity index is 2.15. The van der Waals surface area contributed by atoms with Crippen LogP contribution in [0.25, 0.3) is 16.6 Å². The number of benzene rings is 2. The predicted octanol–water partition coefficient (Wildman–Crippen LogP) is 2.82. The second-order valence-corrected chi connectivity index (χ2v) is 17.1. The van der Waals surface area contributed by atoms with Crippen LogP contribution in [0, 0.1) is 6.01 Å². The first-order valence-electron chi connectivity index (χ1n) is 7.79. The van der Waals surface area contributed by atoms with E-state index in [1.165, 1.54) is 26.4 Å². The summed E-state index contributed by atoms with van der Waals surface area (Å²) >= 11 is 5.23. The van der Waals surface area contributed by atoms with Gasteiger partial charge < -0.3 is 0 Å². The van der Waals surface area contributed by atoms with Gasteiger partial charge >= 0.3 is 182 Å². The van der Waals surface area contributed by atoms with Crippen LogP contribution < -0.4 is 20.9 Å². The molecule has 1 N–H and O–H groups in total. The van der Waals surface area contributed by atoms with Gasteiger partial charge in [-0.25, -0.2) is 0 Å². The molecule has 25 heavy (non-hydrogen) atoms. The Kier molecular flexibility index (Phi) is 4.55. The standard InChI is InChI=1S/C19H15I2NOSeSi/c1-10-4-6-14-19(17(10)18-12(20)9-16(21)24-18)25(2,3)15-8-11(23)5-7-13(15)22-14/h4-9,23H,1H2,2-3H3. The molecule has 1 aliphatic heterocycles. The molecule has 6 heteroatoms. The maximum absolute atomic E-state index is 10.0. The number of phenols is 1. The summed E-state index contributed by atoms with van der Waals surface area (Å²) in [5, 5.41) is 14.8. The van der Waals surface area contributed by atoms with E-state index in [0.717, 1.165) is 16.3 Å². The molecule has 0 amide bonds. The Morgan fingerprint density at radius 3 is 2.56 bits per heavy atom. The van der Waals surface area contributed by atoms with Crippen LogP contribution in [0.15, 0.2) is 41.4 Å². The number of fused-ring (bicyclic) bond motifs is 2. The third-order valence-electron chi connectivity index (χ3n) is 4.67. The number of hydrogen-bond donors (Lipinski definition) is 1. The molecular weight excluding hydrogens is 619 g/mol. The van der Waals surface area contributed by atoms with Gasteiger partial charge in [0.1, 0.15) is 0 Å². The van der Waals surface area contributed by atoms with Crippen molar-refractivity contribution >= 4 is 90.4 Å². The fourth-order valence-electron chi connectivity index (χ4n) is 3.52. The first-order chi connectivity index (χ1) is 11.8. The third-order valence-corrected chi connectivity index (χ3v) is 13.3. The molecule has 0 saturated heterocycles. The Labute approximate surface area is 180 Å². The van der Waals surface area contributed by atoms with Crippen LogP contribution in [0.3, 0.4) is 0 Å². The van der Waals surface area contributed by atoms with Gasteiger partial charge in [0.05, 0.1) is 0 Å². The van der Waals surface area contributed by atoms with Crippen LogP contribution in [0.4, 0.5) is 5.69 Å². The van der Waals surface area contributed by atoms with Gasteiger partial charge in [-0.3, -0.25) is 0 Å². The maximum atomic E-state index is 10.0. The van der Waals surface area contributed by atoms with Gasteiger partial charge in [0.2, 0.25) is 0 Å². The molecule has 0 saturated carbocycles. The Morgan fingerprint density at radius 1 is 1.12 bits per heavy atom. The topological polar surface area (TPSA) is 32.6 Å². The van der Waals surface area contributed by atoms with Crippen molar-refractivity contribution in [2.24, 2.45) is 4.99 Å². The molecule has 0 atom stereocenters. The van der Waals surface area contributed by atoms with Gasteiger partial charge in [-0.1, -0.05) is 0 Å². The average molecular weight is 634 g/mol. The average Bonchev–Trinajstić information content (AvgIpc) is 2.87. The first kappa shape index (κ1) is 18.0. The van der Waals surface area contributed by atoms with Crippen LogP contribution in [0.5, 0.6) is 5.75 Å². The van der Waals surface area contributed by atoms with Crippen molar-refractivity contribution < 1.29 is 5.11 Å². The van der Waals surface area contributed by atoms with Gasteiger partial charge in [0.15, 0.2) is 0 Å². The molecule has 0 radical (unpaired) electrons. The van der Waals surface area contributed by atoms with E-state index in [1.54, 1.807) is 6.07 Å². The number of nitrogens with zero attached hydrogens (tertiary/aromatic N) is 1. The van der Waals surface area contributed by atoms with Crippen LogP contribution >= 0.6 is 45.2 Å². The molecule has 0 spiro atoms. The first-order valence-corrected chi connectivity index (χ1v) is 14.7. The summed E-state index contributed by atoms with van der Waals surface area (Å²) in [6, 6.07) is 12.1. The summed E-state index contributed by atoms with van der Waals surface area (Å²) in [5.74, 6) is 0.320. The van der Waals surface area contributed by atoms with E-state index in [1.807, 2.05) is 12.1 Å². The van der Waals surface area contributed by atoms with E-state index in [-0.39, 0.29) is 0 Å². The molecule has 2 nitrogen and oxygen atoms in total. The Morgan fingerprint density at radius 2 is 1.88 bits per heavy atom. The molecule has 4 rings (SSSR count). The second-order valence-electron chi connectivity index (χ2n) is 6.66. The van der Waals surface area contributed by atoms with Gasteiger partial charge in [-0.15, -0.1) is 0 Å². The van der Waals surface area contributed by atoms with Crippen LogP contribution in [-0.2, 0) is 0 Å². The number of halogens is 2. The minimum atomic E-state index is -2.01. The Bertz CT molecular complexity index is 1140. The van der Waals surface area contributed by atoms with Gasteiger partial charge in [0.25, 0.3) is 0 Å². The summed E-state index contributed by atoms with van der Waals surface area (Å²) in [4.78, 5) is 4.92. The molecule has 1 aromatic heterocycles. The van der Waals surface area contributed by atoms with Crippen molar-refractivity contribution in [3.8, 4) is 15.8 Å². The van der Waals surface area contributed by atoms with Gasteiger partial charge in [-0.2, -0.15) is 0 Å². The molecule has 2 aromatic carbocycles. The van der Waals surface area contributed by atoms with Gasteiger partial charge in [-0.05, 0) is 0 Å². The predicted molar refractivity (Wildman–Crippen MR) is 125 cm³/mol. The zero-order valence-corrected chi connectivity index (χ0v) is 20.8. The number of aromatic hydroxyl groups is 1. The van der Waals surface area contributed by atoms with Crippen molar-refractivity contribution in [2.75, 3.05) is 0 Å². The minimum absolute atomic E-state index is 0.320. The van der Waals surface area contributed by atoms with E-state index in [0.29, 0.717) is 20.3 Å². The summed E-state index contributed by atoms with van der Waals surface area (Å²) in [5.41, 5.74) is 2.30. The van der Waals surface area contributed by atoms with Crippen molar-refractivity contribution in [2.45, 2.75) is 13.1 Å². The van der Waals surface area contributed by atoms with E-state index >= 15 is 0 Å². The zero-order chi connectivity index (χ0) is 17.9. The van der Waals surface area contributed by atoms with Crippen LogP contribution in [-0.4, -0.2) is 27.7 Å². The van der Waals surface area contributed by atoms with Crippen molar-refractivity contribution in [3.63, 3.8) is 0 Å². The van der Waals surface area contributed by atoms with E-state index in [2.05, 4.69) is 83.1 Å². The number of rotatable bonds is 1. The summed E-state index contributed by atoms with van der Waals surface area (Å²) in [6.07, 6.45) is 0. The Hall–Kier alpha value is -0.414. The summed E-state index contributed by atoms with van der Waals surface area (Å²) < 4.78 is 4.18. The van der Waals surface area contributed by atoms with E-state index in [4.69, 9.17) is 4.99 Å². The van der Waals surface area contributed by atoms with E-state index < -0.39 is 8.07 Å². The molecule has 126 valence electrons. The SMILES string of the molecule is C=c1ccc2c(c1-c1[se]c(I)cc1I)[Si](C)(C)c1cc(O)ccc1N=2. The molecule has 3 aromatic rings. The third kappa shape index (κ3) is 2.90. The summed E-state index contributed by atoms with van der Waals surface area (Å²) in [7, 11) is -2.01. The van der Waals surface area contributed by atoms with Crippen molar-refractivity contribution in [1.82, 2.24) is 0 Å². The molecule has 0 fully saturated rings. The van der Waals surface area contributed by atoms with Crippen molar-refractivity contribution in [3.05, 3.63) is 53.0 Å². The van der Waals surface area contributed by atoms with Gasteiger partial charge in [0, 0.05) is 0 Å². The monoisotopic (exact) mass is 635 g/mol. The number of hydrogen-bond acceptors (Lipinski definition) is 2. The molecule has 0 aliphatic carbocycles. The molecule has 0 unspecified atom stereocenters. The van der Waals surface area contributed by atoms with Crippen molar-refractivity contribution in [1.29, 1.82) is 0 Å². The second kappa shape index (κ2) is 6.33. The molecule has 1 aliphatic rings. The fourth-order valence-corrected chi connectivity index (χ4v) is 12.5. The van der Waals surface area contributed by atoms with Crippen LogP contribution in [0.1, 0.15) is 0 Å². The molecule has 0 bridgehead atoms. The normalized spacial score (nSPS) is 14.6. The number of phenolic OH excluding ortho intramolecular Hbond substituents is 1. The van der Waals surface area contributed by atoms with Crippen LogP contribution in [0.2, 0.25) is 13.1 Å².